The van der Waals surface area contributed by atoms with E-state index in [-0.39, 0.29) is 18.4 Å². The molecule has 3 heterocycles. The zero-order valence-corrected chi connectivity index (χ0v) is 19.5. The van der Waals surface area contributed by atoms with Crippen LogP contribution in [0.1, 0.15) is 31.0 Å². The molecule has 0 bridgehead atoms. The molecule has 3 amide bonds. The summed E-state index contributed by atoms with van der Waals surface area (Å²) < 4.78 is 5.62. The van der Waals surface area contributed by atoms with Gasteiger partial charge in [-0.05, 0) is 42.3 Å². The van der Waals surface area contributed by atoms with Crippen molar-refractivity contribution in [1.82, 2.24) is 14.9 Å². The minimum atomic E-state index is -0.636. The van der Waals surface area contributed by atoms with Crippen molar-refractivity contribution < 1.29 is 19.1 Å². The molecule has 9 nitrogen and oxygen atoms in total. The van der Waals surface area contributed by atoms with Gasteiger partial charge in [0.1, 0.15) is 24.6 Å². The molecule has 5 rings (SSSR count). The molecule has 3 aromatic rings. The van der Waals surface area contributed by atoms with E-state index in [1.165, 1.54) is 0 Å². The average molecular weight is 474 g/mol. The topological polar surface area (TPSA) is 107 Å². The SMILES string of the molecule is CCCCOc1ccc(NC(=O)/C=N/N2CC(=O)N3Cc4[nH]c5ccccc5c4C[C@H]3C2=O)cc1. The third-order valence-corrected chi connectivity index (χ3v) is 6.35. The molecular formula is C26H27N5O4. The summed E-state index contributed by atoms with van der Waals surface area (Å²) in [6, 6.07) is 14.3. The van der Waals surface area contributed by atoms with Gasteiger partial charge >= 0.3 is 0 Å². The Labute approximate surface area is 202 Å². The van der Waals surface area contributed by atoms with E-state index in [9.17, 15) is 14.4 Å². The number of amides is 3. The van der Waals surface area contributed by atoms with Crippen LogP contribution in [0.25, 0.3) is 10.9 Å². The summed E-state index contributed by atoms with van der Waals surface area (Å²) in [5.74, 6) is -0.249. The Morgan fingerprint density at radius 2 is 1.97 bits per heavy atom. The molecule has 2 aromatic carbocycles. The maximum atomic E-state index is 13.2. The maximum absolute atomic E-state index is 13.2. The summed E-state index contributed by atoms with van der Waals surface area (Å²) in [6.45, 7) is 2.91. The number of carbonyl (C=O) groups is 3. The number of aromatic nitrogens is 1. The number of piperazine rings is 1. The van der Waals surface area contributed by atoms with Gasteiger partial charge in [0, 0.05) is 28.7 Å². The Balaban J connectivity index is 1.23. The zero-order chi connectivity index (χ0) is 24.4. The second kappa shape index (κ2) is 9.61. The van der Waals surface area contributed by atoms with E-state index in [0.29, 0.717) is 25.3 Å². The van der Waals surface area contributed by atoms with Gasteiger partial charge in [-0.2, -0.15) is 5.10 Å². The monoisotopic (exact) mass is 473 g/mol. The quantitative estimate of drug-likeness (QED) is 0.406. The fourth-order valence-corrected chi connectivity index (χ4v) is 4.52. The summed E-state index contributed by atoms with van der Waals surface area (Å²) in [7, 11) is 0. The van der Waals surface area contributed by atoms with Gasteiger partial charge in [0.2, 0.25) is 5.91 Å². The van der Waals surface area contributed by atoms with Crippen LogP contribution < -0.4 is 10.1 Å². The molecule has 2 aliphatic heterocycles. The Morgan fingerprint density at radius 1 is 1.17 bits per heavy atom. The van der Waals surface area contributed by atoms with Crippen LogP contribution in [0.2, 0.25) is 0 Å². The third kappa shape index (κ3) is 4.62. The van der Waals surface area contributed by atoms with Crippen LogP contribution in [0.5, 0.6) is 5.75 Å². The normalized spacial score (nSPS) is 17.6. The predicted octanol–water partition coefficient (Wildman–Crippen LogP) is 3.07. The van der Waals surface area contributed by atoms with E-state index in [2.05, 4.69) is 22.3 Å². The van der Waals surface area contributed by atoms with Crippen LogP contribution in [-0.4, -0.2) is 58.0 Å². The number of rotatable bonds is 7. The molecule has 1 aromatic heterocycles. The number of fused-ring (bicyclic) bond motifs is 4. The summed E-state index contributed by atoms with van der Waals surface area (Å²) in [5.41, 5.74) is 3.58. The summed E-state index contributed by atoms with van der Waals surface area (Å²) in [4.78, 5) is 43.3. The van der Waals surface area contributed by atoms with Gasteiger partial charge in [0.25, 0.3) is 11.8 Å². The van der Waals surface area contributed by atoms with E-state index in [4.69, 9.17) is 4.74 Å². The van der Waals surface area contributed by atoms with Gasteiger partial charge in [0.15, 0.2) is 0 Å². The first-order valence-corrected chi connectivity index (χ1v) is 11.8. The number of benzene rings is 2. The lowest BCUT2D eigenvalue weighted by molar-refractivity contribution is -0.157. The molecule has 2 aliphatic rings. The molecule has 1 fully saturated rings. The molecule has 0 radical (unpaired) electrons. The van der Waals surface area contributed by atoms with E-state index in [1.807, 2.05) is 24.3 Å². The van der Waals surface area contributed by atoms with Gasteiger partial charge in [0.05, 0.1) is 13.2 Å². The summed E-state index contributed by atoms with van der Waals surface area (Å²) in [5, 5.41) is 8.90. The van der Waals surface area contributed by atoms with Gasteiger partial charge in [-0.3, -0.25) is 14.4 Å². The molecule has 0 spiro atoms. The van der Waals surface area contributed by atoms with Crippen molar-refractivity contribution in [2.75, 3.05) is 18.5 Å². The van der Waals surface area contributed by atoms with Crippen molar-refractivity contribution in [2.24, 2.45) is 5.10 Å². The third-order valence-electron chi connectivity index (χ3n) is 6.35. The second-order valence-corrected chi connectivity index (χ2v) is 8.73. The number of carbonyl (C=O) groups excluding carboxylic acids is 3. The van der Waals surface area contributed by atoms with Crippen molar-refractivity contribution >= 4 is 40.5 Å². The Morgan fingerprint density at radius 3 is 2.77 bits per heavy atom. The number of nitrogens with one attached hydrogen (secondary N) is 2. The van der Waals surface area contributed by atoms with E-state index >= 15 is 0 Å². The highest BCUT2D eigenvalue weighted by Crippen LogP contribution is 2.32. The molecule has 2 N–H and O–H groups in total. The molecule has 0 aliphatic carbocycles. The number of hydrogen-bond donors (Lipinski definition) is 2. The Kier molecular flexibility index (Phi) is 6.22. The fourth-order valence-electron chi connectivity index (χ4n) is 4.52. The number of H-pyrrole nitrogens is 1. The number of para-hydroxylation sites is 1. The minimum Gasteiger partial charge on any atom is -0.494 e. The average Bonchev–Trinajstić information content (AvgIpc) is 3.23. The lowest BCUT2D eigenvalue weighted by Crippen LogP contribution is -2.60. The lowest BCUT2D eigenvalue weighted by atomic mass is 9.94. The van der Waals surface area contributed by atoms with Gasteiger partial charge < -0.3 is 19.9 Å². The van der Waals surface area contributed by atoms with Crippen molar-refractivity contribution in [2.45, 2.75) is 38.8 Å². The molecule has 0 saturated carbocycles. The molecule has 35 heavy (non-hydrogen) atoms. The van der Waals surface area contributed by atoms with Crippen molar-refractivity contribution in [3.8, 4) is 5.75 Å². The van der Waals surface area contributed by atoms with Crippen molar-refractivity contribution in [1.29, 1.82) is 0 Å². The first kappa shape index (κ1) is 22.6. The van der Waals surface area contributed by atoms with E-state index in [0.717, 1.165) is 52.0 Å². The molecule has 9 heteroatoms. The first-order chi connectivity index (χ1) is 17.0. The fraction of sp³-hybridized carbons (Fsp3) is 0.308. The number of unbranched alkanes of at least 4 members (excludes halogenated alkanes) is 1. The lowest BCUT2D eigenvalue weighted by Gasteiger charge is -2.40. The van der Waals surface area contributed by atoms with Crippen LogP contribution >= 0.6 is 0 Å². The van der Waals surface area contributed by atoms with Crippen LogP contribution in [0.15, 0.2) is 53.6 Å². The van der Waals surface area contributed by atoms with Gasteiger partial charge in [-0.15, -0.1) is 0 Å². The van der Waals surface area contributed by atoms with Gasteiger partial charge in [-0.25, -0.2) is 5.01 Å². The summed E-state index contributed by atoms with van der Waals surface area (Å²) in [6.07, 6.45) is 3.48. The maximum Gasteiger partial charge on any atom is 0.268 e. The van der Waals surface area contributed by atoms with Crippen molar-refractivity contribution in [3.63, 3.8) is 0 Å². The minimum absolute atomic E-state index is 0.196. The number of nitrogens with zero attached hydrogens (tertiary/aromatic N) is 3. The Bertz CT molecular complexity index is 1300. The van der Waals surface area contributed by atoms with Crippen LogP contribution in [-0.2, 0) is 27.3 Å². The van der Waals surface area contributed by atoms with Crippen LogP contribution in [0, 0.1) is 0 Å². The molecular weight excluding hydrogens is 446 g/mol. The number of hydrogen-bond acceptors (Lipinski definition) is 5. The first-order valence-electron chi connectivity index (χ1n) is 11.8. The predicted molar refractivity (Wildman–Crippen MR) is 132 cm³/mol. The highest BCUT2D eigenvalue weighted by molar-refractivity contribution is 6.31. The number of hydrazone groups is 1. The number of aromatic amines is 1. The van der Waals surface area contributed by atoms with E-state index < -0.39 is 11.9 Å². The standard InChI is InChI=1S/C26H27N5O4/c1-2-3-12-35-18-10-8-17(9-11-18)28-24(32)14-27-31-16-25(33)30-15-22-20(13-23(30)26(31)34)19-6-4-5-7-21(19)29-22/h4-11,14,23,29H,2-3,12-13,15-16H2,1H3,(H,28,32)/b27-14+/t23-/m0/s1. The molecule has 1 atom stereocenters. The smallest absolute Gasteiger partial charge is 0.268 e. The number of ether oxygens (including phenoxy) is 1. The summed E-state index contributed by atoms with van der Waals surface area (Å²) >= 11 is 0. The largest absolute Gasteiger partial charge is 0.494 e. The molecule has 180 valence electrons. The molecule has 1 saturated heterocycles. The number of anilines is 1. The van der Waals surface area contributed by atoms with Crippen LogP contribution in [0.3, 0.4) is 0 Å². The zero-order valence-electron chi connectivity index (χ0n) is 19.5. The van der Waals surface area contributed by atoms with Crippen LogP contribution in [0.4, 0.5) is 5.69 Å². The van der Waals surface area contributed by atoms with E-state index in [1.54, 1.807) is 29.2 Å². The molecule has 0 unspecified atom stereocenters. The Hall–Kier alpha value is -4.14. The van der Waals surface area contributed by atoms with Gasteiger partial charge in [-0.1, -0.05) is 31.5 Å². The highest BCUT2D eigenvalue weighted by atomic mass is 16.5. The van der Waals surface area contributed by atoms with Crippen molar-refractivity contribution in [3.05, 3.63) is 59.8 Å². The second-order valence-electron chi connectivity index (χ2n) is 8.73. The highest BCUT2D eigenvalue weighted by Gasteiger charge is 2.43.